The number of nitrogens with zero attached hydrogens (tertiary/aromatic N) is 1. The summed E-state index contributed by atoms with van der Waals surface area (Å²) in [4.78, 5) is 4.59. The van der Waals surface area contributed by atoms with Crippen molar-refractivity contribution < 1.29 is 4.39 Å². The van der Waals surface area contributed by atoms with E-state index in [1.165, 1.54) is 6.07 Å². The number of hydrogen-bond donors (Lipinski definition) is 1. The van der Waals surface area contributed by atoms with Crippen molar-refractivity contribution >= 4 is 16.9 Å². The van der Waals surface area contributed by atoms with Gasteiger partial charge in [-0.3, -0.25) is 4.99 Å². The number of benzene rings is 1. The molecule has 4 heteroatoms. The zero-order valence-electron chi connectivity index (χ0n) is 11.6. The summed E-state index contributed by atoms with van der Waals surface area (Å²) in [5.41, 5.74) is 1.23. The first-order valence-corrected chi connectivity index (χ1v) is 7.86. The highest BCUT2D eigenvalue weighted by molar-refractivity contribution is 8.14. The zero-order valence-corrected chi connectivity index (χ0v) is 12.4. The number of nitrogens with one attached hydrogen (secondary N) is 1. The lowest BCUT2D eigenvalue weighted by atomic mass is 9.96. The van der Waals surface area contributed by atoms with Crippen LogP contribution in [0.3, 0.4) is 0 Å². The molecule has 0 aromatic heterocycles. The van der Waals surface area contributed by atoms with Gasteiger partial charge >= 0.3 is 0 Å². The van der Waals surface area contributed by atoms with E-state index >= 15 is 0 Å². The lowest BCUT2D eigenvalue weighted by molar-refractivity contribution is 0.407. The third kappa shape index (κ3) is 3.72. The second-order valence-corrected chi connectivity index (χ2v) is 5.93. The number of aliphatic imine (C=N–C) groups is 1. The maximum atomic E-state index is 13.0. The SMILES string of the molecule is CCC1(CC)CSC(=NCCc2cccc(F)c2)N1. The molecule has 0 unspecified atom stereocenters. The summed E-state index contributed by atoms with van der Waals surface area (Å²) in [6.07, 6.45) is 3.04. The molecule has 0 spiro atoms. The van der Waals surface area contributed by atoms with E-state index in [1.54, 1.807) is 23.9 Å². The molecule has 1 N–H and O–H groups in total. The molecule has 1 fully saturated rings. The molecule has 1 aromatic rings. The Labute approximate surface area is 118 Å². The van der Waals surface area contributed by atoms with Crippen LogP contribution < -0.4 is 5.32 Å². The molecule has 1 aromatic carbocycles. The van der Waals surface area contributed by atoms with Crippen molar-refractivity contribution in [1.82, 2.24) is 5.32 Å². The molecule has 1 aliphatic heterocycles. The van der Waals surface area contributed by atoms with Crippen molar-refractivity contribution in [1.29, 1.82) is 0 Å². The Bertz CT molecular complexity index is 455. The molecule has 0 radical (unpaired) electrons. The Kier molecular flexibility index (Phi) is 4.86. The molecule has 104 valence electrons. The van der Waals surface area contributed by atoms with Gasteiger partial charge in [0.25, 0.3) is 0 Å². The monoisotopic (exact) mass is 280 g/mol. The molecule has 0 atom stereocenters. The molecule has 1 saturated heterocycles. The van der Waals surface area contributed by atoms with Crippen LogP contribution >= 0.6 is 11.8 Å². The van der Waals surface area contributed by atoms with Crippen molar-refractivity contribution in [3.8, 4) is 0 Å². The van der Waals surface area contributed by atoms with Gasteiger partial charge in [-0.05, 0) is 37.0 Å². The number of hydrogen-bond acceptors (Lipinski definition) is 2. The molecule has 2 rings (SSSR count). The fraction of sp³-hybridized carbons (Fsp3) is 0.533. The van der Waals surface area contributed by atoms with Crippen molar-refractivity contribution in [3.63, 3.8) is 0 Å². The van der Waals surface area contributed by atoms with Crippen molar-refractivity contribution in [2.75, 3.05) is 12.3 Å². The Hall–Kier alpha value is -1.03. The molecule has 0 aliphatic carbocycles. The normalized spacial score (nSPS) is 19.6. The average molecular weight is 280 g/mol. The highest BCUT2D eigenvalue weighted by atomic mass is 32.2. The fourth-order valence-corrected chi connectivity index (χ4v) is 3.57. The maximum Gasteiger partial charge on any atom is 0.157 e. The van der Waals surface area contributed by atoms with Crippen LogP contribution in [0.15, 0.2) is 29.3 Å². The maximum absolute atomic E-state index is 13.0. The van der Waals surface area contributed by atoms with Gasteiger partial charge in [-0.25, -0.2) is 4.39 Å². The van der Waals surface area contributed by atoms with Crippen LogP contribution in [-0.2, 0) is 6.42 Å². The van der Waals surface area contributed by atoms with E-state index < -0.39 is 0 Å². The van der Waals surface area contributed by atoms with Crippen molar-refractivity contribution in [2.24, 2.45) is 4.99 Å². The van der Waals surface area contributed by atoms with Gasteiger partial charge in [0.15, 0.2) is 5.17 Å². The zero-order chi connectivity index (χ0) is 13.7. The Morgan fingerprint density at radius 1 is 1.37 bits per heavy atom. The summed E-state index contributed by atoms with van der Waals surface area (Å²) >= 11 is 1.80. The van der Waals surface area contributed by atoms with Gasteiger partial charge in [0.1, 0.15) is 5.82 Å². The molecular formula is C15H21FN2S. The minimum atomic E-state index is -0.172. The number of halogens is 1. The Balaban J connectivity index is 1.87. The largest absolute Gasteiger partial charge is 0.359 e. The van der Waals surface area contributed by atoms with Crippen LogP contribution in [0, 0.1) is 5.82 Å². The van der Waals surface area contributed by atoms with E-state index in [-0.39, 0.29) is 11.4 Å². The minimum absolute atomic E-state index is 0.172. The predicted molar refractivity (Wildman–Crippen MR) is 81.3 cm³/mol. The van der Waals surface area contributed by atoms with E-state index in [0.29, 0.717) is 6.54 Å². The molecule has 0 bridgehead atoms. The highest BCUT2D eigenvalue weighted by Gasteiger charge is 2.33. The van der Waals surface area contributed by atoms with Crippen LogP contribution in [-0.4, -0.2) is 23.0 Å². The van der Waals surface area contributed by atoms with Gasteiger partial charge in [-0.1, -0.05) is 37.7 Å². The fourth-order valence-electron chi connectivity index (χ4n) is 2.20. The second kappa shape index (κ2) is 6.42. The topological polar surface area (TPSA) is 24.4 Å². The quantitative estimate of drug-likeness (QED) is 0.891. The summed E-state index contributed by atoms with van der Waals surface area (Å²) in [7, 11) is 0. The van der Waals surface area contributed by atoms with Crippen molar-refractivity contribution in [2.45, 2.75) is 38.6 Å². The van der Waals surface area contributed by atoms with E-state index in [1.807, 2.05) is 6.07 Å². The van der Waals surface area contributed by atoms with Gasteiger partial charge in [-0.2, -0.15) is 0 Å². The van der Waals surface area contributed by atoms with E-state index in [4.69, 9.17) is 0 Å². The molecule has 2 nitrogen and oxygen atoms in total. The average Bonchev–Trinajstić information content (AvgIpc) is 2.83. The lowest BCUT2D eigenvalue weighted by Gasteiger charge is -2.25. The van der Waals surface area contributed by atoms with Gasteiger partial charge in [-0.15, -0.1) is 0 Å². The first-order chi connectivity index (χ1) is 9.17. The summed E-state index contributed by atoms with van der Waals surface area (Å²) in [5.74, 6) is 0.924. The molecule has 1 aliphatic rings. The van der Waals surface area contributed by atoms with Crippen LogP contribution in [0.1, 0.15) is 32.3 Å². The summed E-state index contributed by atoms with van der Waals surface area (Å²) in [5, 5.41) is 4.58. The smallest absolute Gasteiger partial charge is 0.157 e. The first kappa shape index (κ1) is 14.4. The highest BCUT2D eigenvalue weighted by Crippen LogP contribution is 2.28. The molecule has 0 saturated carbocycles. The summed E-state index contributed by atoms with van der Waals surface area (Å²) in [6, 6.07) is 6.75. The molecular weight excluding hydrogens is 259 g/mol. The van der Waals surface area contributed by atoms with Gasteiger partial charge in [0, 0.05) is 17.8 Å². The van der Waals surface area contributed by atoms with Crippen LogP contribution in [0.2, 0.25) is 0 Å². The third-order valence-electron chi connectivity index (χ3n) is 3.76. The standard InChI is InChI=1S/C15H21FN2S/c1-3-15(4-2)11-19-14(18-15)17-9-8-12-6-5-7-13(16)10-12/h5-7,10H,3-4,8-9,11H2,1-2H3,(H,17,18). The Morgan fingerprint density at radius 2 is 2.16 bits per heavy atom. The lowest BCUT2D eigenvalue weighted by Crippen LogP contribution is -2.42. The summed E-state index contributed by atoms with van der Waals surface area (Å²) in [6.45, 7) is 5.14. The Morgan fingerprint density at radius 3 is 2.79 bits per heavy atom. The molecule has 1 heterocycles. The van der Waals surface area contributed by atoms with Crippen molar-refractivity contribution in [3.05, 3.63) is 35.6 Å². The molecule has 19 heavy (non-hydrogen) atoms. The van der Waals surface area contributed by atoms with E-state index in [2.05, 4.69) is 24.2 Å². The van der Waals surface area contributed by atoms with E-state index in [9.17, 15) is 4.39 Å². The van der Waals surface area contributed by atoms with Gasteiger partial charge < -0.3 is 5.32 Å². The first-order valence-electron chi connectivity index (χ1n) is 6.87. The van der Waals surface area contributed by atoms with E-state index in [0.717, 1.165) is 35.7 Å². The number of amidine groups is 1. The van der Waals surface area contributed by atoms with Crippen LogP contribution in [0.25, 0.3) is 0 Å². The molecule has 0 amide bonds. The van der Waals surface area contributed by atoms with Gasteiger partial charge in [0.05, 0.1) is 0 Å². The van der Waals surface area contributed by atoms with Gasteiger partial charge in [0.2, 0.25) is 0 Å². The third-order valence-corrected chi connectivity index (χ3v) is 4.96. The number of rotatable bonds is 5. The second-order valence-electron chi connectivity index (χ2n) is 4.97. The summed E-state index contributed by atoms with van der Waals surface area (Å²) < 4.78 is 13.0. The minimum Gasteiger partial charge on any atom is -0.359 e. The number of thioether (sulfide) groups is 1. The predicted octanol–water partition coefficient (Wildman–Crippen LogP) is 3.62. The van der Waals surface area contributed by atoms with Crippen LogP contribution in [0.5, 0.6) is 0 Å². The van der Waals surface area contributed by atoms with Crippen LogP contribution in [0.4, 0.5) is 4.39 Å².